The molecule has 116 valence electrons. The number of aliphatic hydroxyl groups is 1. The number of carbonyl (C=O) groups excluding carboxylic acids is 1. The molecule has 4 heteroatoms. The zero-order chi connectivity index (χ0) is 16.0. The second-order valence-electron chi connectivity index (χ2n) is 5.09. The summed E-state index contributed by atoms with van der Waals surface area (Å²) in [4.78, 5) is 11.8. The van der Waals surface area contributed by atoms with Gasteiger partial charge in [-0.1, -0.05) is 42.5 Å². The molecule has 2 rings (SSSR count). The Morgan fingerprint density at radius 3 is 2.55 bits per heavy atom. The van der Waals surface area contributed by atoms with Gasteiger partial charge in [0.05, 0.1) is 6.61 Å². The average molecular weight is 300 g/mol. The van der Waals surface area contributed by atoms with Gasteiger partial charge in [-0.2, -0.15) is 0 Å². The Morgan fingerprint density at radius 2 is 1.86 bits per heavy atom. The van der Waals surface area contributed by atoms with E-state index in [9.17, 15) is 9.90 Å². The second-order valence-corrected chi connectivity index (χ2v) is 5.09. The third-order valence-electron chi connectivity index (χ3n) is 3.32. The fourth-order valence-corrected chi connectivity index (χ4v) is 2.02. The molecular weight excluding hydrogens is 280 g/mol. The van der Waals surface area contributed by atoms with Crippen LogP contribution in [0.5, 0.6) is 5.75 Å². The van der Waals surface area contributed by atoms with Gasteiger partial charge < -0.3 is 14.6 Å². The van der Waals surface area contributed by atoms with Crippen LogP contribution in [0.2, 0.25) is 0 Å². The highest BCUT2D eigenvalue weighted by molar-refractivity contribution is 5.80. The summed E-state index contributed by atoms with van der Waals surface area (Å²) in [6, 6.07) is 16.6. The monoisotopic (exact) mass is 300 g/mol. The summed E-state index contributed by atoms with van der Waals surface area (Å²) in [5.41, 5.74) is -0.205. The van der Waals surface area contributed by atoms with Crippen LogP contribution in [0.25, 0.3) is 0 Å². The van der Waals surface area contributed by atoms with Crippen molar-refractivity contribution in [2.75, 3.05) is 6.61 Å². The molecule has 2 aromatic rings. The predicted molar refractivity (Wildman–Crippen MR) is 83.4 cm³/mol. The van der Waals surface area contributed by atoms with Gasteiger partial charge in [-0.05, 0) is 37.1 Å². The number of ether oxygens (including phenoxy) is 2. The summed E-state index contributed by atoms with van der Waals surface area (Å²) in [6.07, 6.45) is 0. The second kappa shape index (κ2) is 7.09. The normalized spacial score (nSPS) is 13.2. The summed E-state index contributed by atoms with van der Waals surface area (Å²) in [5.74, 6) is -0.0823. The number of hydrogen-bond acceptors (Lipinski definition) is 4. The van der Waals surface area contributed by atoms with Gasteiger partial charge in [0.25, 0.3) is 0 Å². The van der Waals surface area contributed by atoms with E-state index in [2.05, 4.69) is 0 Å². The van der Waals surface area contributed by atoms with E-state index in [1.54, 1.807) is 31.2 Å². The molecule has 0 aliphatic heterocycles. The Balaban J connectivity index is 2.11. The van der Waals surface area contributed by atoms with Crippen molar-refractivity contribution in [2.45, 2.75) is 26.1 Å². The van der Waals surface area contributed by atoms with Crippen molar-refractivity contribution in [3.8, 4) is 5.75 Å². The molecule has 1 atom stereocenters. The van der Waals surface area contributed by atoms with E-state index in [0.29, 0.717) is 17.9 Å². The third kappa shape index (κ3) is 3.86. The van der Waals surface area contributed by atoms with Crippen LogP contribution in [-0.4, -0.2) is 17.7 Å². The van der Waals surface area contributed by atoms with Gasteiger partial charge in [-0.3, -0.25) is 0 Å². The van der Waals surface area contributed by atoms with Gasteiger partial charge in [-0.15, -0.1) is 0 Å². The van der Waals surface area contributed by atoms with Crippen molar-refractivity contribution in [1.82, 2.24) is 0 Å². The van der Waals surface area contributed by atoms with Crippen molar-refractivity contribution in [3.63, 3.8) is 0 Å². The molecule has 0 bridgehead atoms. The minimum atomic E-state index is -1.69. The molecule has 0 radical (unpaired) electrons. The summed E-state index contributed by atoms with van der Waals surface area (Å²) < 4.78 is 10.6. The molecule has 0 saturated heterocycles. The first kappa shape index (κ1) is 16.0. The maximum atomic E-state index is 11.8. The Bertz CT molecular complexity index is 620. The maximum Gasteiger partial charge on any atom is 0.342 e. The van der Waals surface area contributed by atoms with Crippen molar-refractivity contribution in [3.05, 3.63) is 65.7 Å². The molecular formula is C18H20O4. The van der Waals surface area contributed by atoms with Crippen LogP contribution in [0.3, 0.4) is 0 Å². The topological polar surface area (TPSA) is 55.8 Å². The smallest absolute Gasteiger partial charge is 0.342 e. The molecule has 1 unspecified atom stereocenters. The largest absolute Gasteiger partial charge is 0.489 e. The molecule has 0 aliphatic rings. The lowest BCUT2D eigenvalue weighted by atomic mass is 9.96. The fourth-order valence-electron chi connectivity index (χ4n) is 2.02. The number of esters is 1. The van der Waals surface area contributed by atoms with E-state index in [1.165, 1.54) is 6.92 Å². The zero-order valence-corrected chi connectivity index (χ0v) is 12.8. The SMILES string of the molecule is CCOC(=O)C(C)(O)c1cccc(OCc2ccccc2)c1. The molecule has 0 spiro atoms. The quantitative estimate of drug-likeness (QED) is 0.833. The van der Waals surface area contributed by atoms with Crippen LogP contribution < -0.4 is 4.74 Å². The van der Waals surface area contributed by atoms with Gasteiger partial charge in [0.2, 0.25) is 0 Å². The predicted octanol–water partition coefficient (Wildman–Crippen LogP) is 3.04. The van der Waals surface area contributed by atoms with Crippen molar-refractivity contribution in [1.29, 1.82) is 0 Å². The van der Waals surface area contributed by atoms with E-state index < -0.39 is 11.6 Å². The molecule has 0 saturated carbocycles. The van der Waals surface area contributed by atoms with Crippen LogP contribution in [0, 0.1) is 0 Å². The first-order valence-electron chi connectivity index (χ1n) is 7.21. The van der Waals surface area contributed by atoms with E-state index >= 15 is 0 Å². The number of rotatable bonds is 6. The summed E-state index contributed by atoms with van der Waals surface area (Å²) >= 11 is 0. The van der Waals surface area contributed by atoms with Gasteiger partial charge in [0.1, 0.15) is 12.4 Å². The molecule has 22 heavy (non-hydrogen) atoms. The van der Waals surface area contributed by atoms with Crippen LogP contribution in [0.1, 0.15) is 25.0 Å². The lowest BCUT2D eigenvalue weighted by molar-refractivity contribution is -0.164. The molecule has 0 amide bonds. The molecule has 0 aliphatic carbocycles. The molecule has 1 N–H and O–H groups in total. The van der Waals surface area contributed by atoms with Crippen LogP contribution in [-0.2, 0) is 21.7 Å². The van der Waals surface area contributed by atoms with Gasteiger partial charge in [0.15, 0.2) is 5.60 Å². The molecule has 4 nitrogen and oxygen atoms in total. The van der Waals surface area contributed by atoms with E-state index in [0.717, 1.165) is 5.56 Å². The lowest BCUT2D eigenvalue weighted by Crippen LogP contribution is -2.34. The summed E-state index contributed by atoms with van der Waals surface area (Å²) in [6.45, 7) is 3.76. The summed E-state index contributed by atoms with van der Waals surface area (Å²) in [7, 11) is 0. The maximum absolute atomic E-state index is 11.8. The molecule has 0 fully saturated rings. The lowest BCUT2D eigenvalue weighted by Gasteiger charge is -2.22. The van der Waals surface area contributed by atoms with Gasteiger partial charge >= 0.3 is 5.97 Å². The van der Waals surface area contributed by atoms with Crippen molar-refractivity contribution < 1.29 is 19.4 Å². The molecule has 0 heterocycles. The van der Waals surface area contributed by atoms with E-state index in [4.69, 9.17) is 9.47 Å². The van der Waals surface area contributed by atoms with Crippen LogP contribution in [0.4, 0.5) is 0 Å². The number of carbonyl (C=O) groups is 1. The van der Waals surface area contributed by atoms with Gasteiger partial charge in [0, 0.05) is 0 Å². The average Bonchev–Trinajstić information content (AvgIpc) is 2.54. The Kier molecular flexibility index (Phi) is 5.17. The Morgan fingerprint density at radius 1 is 1.14 bits per heavy atom. The first-order valence-corrected chi connectivity index (χ1v) is 7.21. The Hall–Kier alpha value is -2.33. The zero-order valence-electron chi connectivity index (χ0n) is 12.8. The number of benzene rings is 2. The first-order chi connectivity index (χ1) is 10.5. The standard InChI is InChI=1S/C18H20O4/c1-3-21-17(19)18(2,20)15-10-7-11-16(12-15)22-13-14-8-5-4-6-9-14/h4-12,20H,3,13H2,1-2H3. The Labute approximate surface area is 130 Å². The van der Waals surface area contributed by atoms with E-state index in [1.807, 2.05) is 30.3 Å². The number of hydrogen-bond donors (Lipinski definition) is 1. The van der Waals surface area contributed by atoms with Crippen LogP contribution in [0.15, 0.2) is 54.6 Å². The highest BCUT2D eigenvalue weighted by Gasteiger charge is 2.34. The highest BCUT2D eigenvalue weighted by Crippen LogP contribution is 2.26. The minimum absolute atomic E-state index is 0.221. The minimum Gasteiger partial charge on any atom is -0.489 e. The van der Waals surface area contributed by atoms with Crippen molar-refractivity contribution >= 4 is 5.97 Å². The summed E-state index contributed by atoms with van der Waals surface area (Å²) in [5, 5.41) is 10.4. The fraction of sp³-hybridized carbons (Fsp3) is 0.278. The highest BCUT2D eigenvalue weighted by atomic mass is 16.5. The molecule has 0 aromatic heterocycles. The molecule has 2 aromatic carbocycles. The van der Waals surface area contributed by atoms with E-state index in [-0.39, 0.29) is 6.61 Å². The van der Waals surface area contributed by atoms with Crippen LogP contribution >= 0.6 is 0 Å². The van der Waals surface area contributed by atoms with Crippen molar-refractivity contribution in [2.24, 2.45) is 0 Å². The van der Waals surface area contributed by atoms with Gasteiger partial charge in [-0.25, -0.2) is 4.79 Å². The third-order valence-corrected chi connectivity index (χ3v) is 3.32.